The second-order valence-corrected chi connectivity index (χ2v) is 9.04. The predicted octanol–water partition coefficient (Wildman–Crippen LogP) is 5.85. The van der Waals surface area contributed by atoms with Crippen LogP contribution in [0.2, 0.25) is 5.02 Å². The van der Waals surface area contributed by atoms with Crippen LogP contribution < -0.4 is 5.73 Å². The Morgan fingerprint density at radius 2 is 1.63 bits per heavy atom. The van der Waals surface area contributed by atoms with Gasteiger partial charge in [0.1, 0.15) is 0 Å². The highest BCUT2D eigenvalue weighted by molar-refractivity contribution is 6.31. The van der Waals surface area contributed by atoms with Crippen LogP contribution in [-0.4, -0.2) is 41.1 Å². The van der Waals surface area contributed by atoms with Crippen molar-refractivity contribution < 1.29 is 27.9 Å². The summed E-state index contributed by atoms with van der Waals surface area (Å²) in [5.74, 6) is 4.00. The summed E-state index contributed by atoms with van der Waals surface area (Å²) in [7, 11) is 0. The van der Waals surface area contributed by atoms with Gasteiger partial charge in [0.25, 0.3) is 5.91 Å². The van der Waals surface area contributed by atoms with Crippen LogP contribution in [0.5, 0.6) is 0 Å². The number of carbonyl (C=O) groups is 2. The Kier molecular flexibility index (Phi) is 9.94. The fourth-order valence-corrected chi connectivity index (χ4v) is 4.19. The molecule has 0 spiro atoms. The summed E-state index contributed by atoms with van der Waals surface area (Å²) >= 11 is 6.18. The van der Waals surface area contributed by atoms with E-state index in [0.29, 0.717) is 23.0 Å². The Labute approximate surface area is 224 Å². The molecule has 5 nitrogen and oxygen atoms in total. The zero-order valence-electron chi connectivity index (χ0n) is 20.3. The van der Waals surface area contributed by atoms with E-state index in [4.69, 9.17) is 27.2 Å². The number of piperidine rings is 1. The first kappa shape index (κ1) is 28.8. The van der Waals surface area contributed by atoms with Crippen molar-refractivity contribution in [1.82, 2.24) is 4.90 Å². The number of rotatable bonds is 3. The molecule has 0 radical (unpaired) electrons. The lowest BCUT2D eigenvalue weighted by atomic mass is 9.88. The number of halogens is 4. The highest BCUT2D eigenvalue weighted by Crippen LogP contribution is 2.29. The number of likely N-dealkylation sites (tertiary alicyclic amines) is 1. The van der Waals surface area contributed by atoms with E-state index in [1.807, 2.05) is 53.4 Å². The fraction of sp³-hybridized carbons (Fsp3) is 0.241. The first-order valence-electron chi connectivity index (χ1n) is 11.8. The number of alkyl halides is 3. The predicted molar refractivity (Wildman–Crippen MR) is 140 cm³/mol. The zero-order valence-corrected chi connectivity index (χ0v) is 21.1. The molecule has 1 aliphatic rings. The largest absolute Gasteiger partial charge is 0.490 e. The van der Waals surface area contributed by atoms with E-state index in [9.17, 15) is 18.0 Å². The van der Waals surface area contributed by atoms with Crippen LogP contribution in [0.3, 0.4) is 0 Å². The lowest BCUT2D eigenvalue weighted by molar-refractivity contribution is -0.192. The summed E-state index contributed by atoms with van der Waals surface area (Å²) in [6.45, 7) is 2.07. The minimum absolute atomic E-state index is 0.0653. The Morgan fingerprint density at radius 1 is 0.974 bits per heavy atom. The Bertz CT molecular complexity index is 1340. The number of aliphatic carboxylic acids is 1. The summed E-state index contributed by atoms with van der Waals surface area (Å²) in [6, 6.07) is 23.5. The van der Waals surface area contributed by atoms with Crippen LogP contribution >= 0.6 is 11.6 Å². The Hall–Kier alpha value is -3.80. The summed E-state index contributed by atoms with van der Waals surface area (Å²) in [4.78, 5) is 23.9. The molecule has 4 rings (SSSR count). The molecule has 0 aliphatic carbocycles. The molecule has 38 heavy (non-hydrogen) atoms. The molecule has 1 amide bonds. The number of nitrogens with zero attached hydrogens (tertiary/aromatic N) is 1. The molecular weight excluding hydrogens is 517 g/mol. The minimum atomic E-state index is -5.08. The van der Waals surface area contributed by atoms with Crippen molar-refractivity contribution in [1.29, 1.82) is 0 Å². The van der Waals surface area contributed by atoms with E-state index in [0.717, 1.165) is 42.6 Å². The van der Waals surface area contributed by atoms with Gasteiger partial charge in [-0.05, 0) is 60.2 Å². The van der Waals surface area contributed by atoms with Crippen LogP contribution in [0.1, 0.15) is 51.4 Å². The smallest absolute Gasteiger partial charge is 0.475 e. The van der Waals surface area contributed by atoms with E-state index in [1.54, 1.807) is 0 Å². The molecule has 0 saturated carbocycles. The first-order chi connectivity index (χ1) is 18.1. The molecule has 1 aliphatic heterocycles. The van der Waals surface area contributed by atoms with E-state index in [1.165, 1.54) is 5.56 Å². The van der Waals surface area contributed by atoms with Crippen LogP contribution in [0.15, 0.2) is 72.8 Å². The number of nitrogens with two attached hydrogens (primary N) is 1. The number of carboxylic acid groups (broad SMARTS) is 1. The van der Waals surface area contributed by atoms with E-state index >= 15 is 0 Å². The quantitative estimate of drug-likeness (QED) is 0.407. The number of carboxylic acids is 1. The molecule has 3 N–H and O–H groups in total. The normalized spacial score (nSPS) is 13.6. The SMILES string of the molecule is NCc1cccc(C2CCN(C(=O)c3cccc(C#Cc4ccccc4Cl)c3)CC2)c1.O=C(O)C(F)(F)F. The second kappa shape index (κ2) is 13.1. The topological polar surface area (TPSA) is 83.6 Å². The van der Waals surface area contributed by atoms with E-state index in [-0.39, 0.29) is 5.91 Å². The number of amides is 1. The number of carbonyl (C=O) groups excluding carboxylic acids is 1. The molecule has 9 heteroatoms. The average Bonchev–Trinajstić information content (AvgIpc) is 2.92. The van der Waals surface area contributed by atoms with Gasteiger partial charge < -0.3 is 15.7 Å². The van der Waals surface area contributed by atoms with E-state index < -0.39 is 12.1 Å². The van der Waals surface area contributed by atoms with Crippen LogP contribution in [0, 0.1) is 11.8 Å². The van der Waals surface area contributed by atoms with Gasteiger partial charge in [-0.15, -0.1) is 0 Å². The lowest BCUT2D eigenvalue weighted by Crippen LogP contribution is -2.37. The van der Waals surface area contributed by atoms with E-state index in [2.05, 4.69) is 36.1 Å². The molecule has 1 fully saturated rings. The van der Waals surface area contributed by atoms with Gasteiger partial charge in [-0.1, -0.05) is 65.9 Å². The van der Waals surface area contributed by atoms with Crippen molar-refractivity contribution in [2.45, 2.75) is 31.5 Å². The van der Waals surface area contributed by atoms with Crippen molar-refractivity contribution in [2.75, 3.05) is 13.1 Å². The molecule has 0 atom stereocenters. The van der Waals surface area contributed by atoms with Gasteiger partial charge in [0.15, 0.2) is 0 Å². The molecule has 1 heterocycles. The van der Waals surface area contributed by atoms with Crippen LogP contribution in [0.25, 0.3) is 0 Å². The van der Waals surface area contributed by atoms with Crippen molar-refractivity contribution in [2.24, 2.45) is 5.73 Å². The number of hydrogen-bond acceptors (Lipinski definition) is 3. The molecule has 1 saturated heterocycles. The Morgan fingerprint density at radius 3 is 2.26 bits per heavy atom. The van der Waals surface area contributed by atoms with Crippen LogP contribution in [-0.2, 0) is 11.3 Å². The fourth-order valence-electron chi connectivity index (χ4n) is 4.00. The van der Waals surface area contributed by atoms with Gasteiger partial charge in [0.2, 0.25) is 0 Å². The highest BCUT2D eigenvalue weighted by atomic mass is 35.5. The monoisotopic (exact) mass is 542 g/mol. The van der Waals surface area contributed by atoms with Gasteiger partial charge >= 0.3 is 12.1 Å². The molecule has 198 valence electrons. The summed E-state index contributed by atoms with van der Waals surface area (Å²) < 4.78 is 31.7. The van der Waals surface area contributed by atoms with Crippen molar-refractivity contribution in [3.8, 4) is 11.8 Å². The maximum atomic E-state index is 13.1. The second-order valence-electron chi connectivity index (χ2n) is 8.63. The summed E-state index contributed by atoms with van der Waals surface area (Å²) in [6.07, 6.45) is -3.16. The van der Waals surface area contributed by atoms with Crippen molar-refractivity contribution in [3.63, 3.8) is 0 Å². The van der Waals surface area contributed by atoms with Gasteiger partial charge in [0.05, 0.1) is 5.02 Å². The summed E-state index contributed by atoms with van der Waals surface area (Å²) in [5.41, 5.74) is 10.5. The third kappa shape index (κ3) is 8.10. The van der Waals surface area contributed by atoms with Gasteiger partial charge in [0, 0.05) is 36.3 Å². The number of benzene rings is 3. The average molecular weight is 543 g/mol. The number of hydrogen-bond donors (Lipinski definition) is 2. The Balaban J connectivity index is 0.000000505. The van der Waals surface area contributed by atoms with Gasteiger partial charge in [-0.2, -0.15) is 13.2 Å². The lowest BCUT2D eigenvalue weighted by Gasteiger charge is -2.32. The van der Waals surface area contributed by atoms with Crippen molar-refractivity contribution in [3.05, 3.63) is 106 Å². The summed E-state index contributed by atoms with van der Waals surface area (Å²) in [5, 5.41) is 7.75. The molecule has 0 unspecified atom stereocenters. The molecule has 3 aromatic carbocycles. The third-order valence-electron chi connectivity index (χ3n) is 6.01. The molecule has 0 bridgehead atoms. The van der Waals surface area contributed by atoms with Gasteiger partial charge in [-0.25, -0.2) is 4.79 Å². The minimum Gasteiger partial charge on any atom is -0.475 e. The maximum Gasteiger partial charge on any atom is 0.490 e. The molecule has 3 aromatic rings. The maximum absolute atomic E-state index is 13.1. The van der Waals surface area contributed by atoms with Gasteiger partial charge in [-0.3, -0.25) is 4.79 Å². The third-order valence-corrected chi connectivity index (χ3v) is 6.34. The molecular formula is C29H26ClF3N2O3. The molecule has 0 aromatic heterocycles. The first-order valence-corrected chi connectivity index (χ1v) is 12.2. The zero-order chi connectivity index (χ0) is 27.7. The van der Waals surface area contributed by atoms with Crippen molar-refractivity contribution >= 4 is 23.5 Å². The standard InChI is InChI=1S/C27H25ClN2O.C2HF3O2/c28-26-10-2-1-7-23(26)12-11-20-5-3-9-25(17-20)27(31)30-15-13-22(14-16-30)24-8-4-6-21(18-24)19-29;3-2(4,5)1(6)7/h1-10,17-18,22H,13-16,19,29H2;(H,6,7). The highest BCUT2D eigenvalue weighted by Gasteiger charge is 2.38. The van der Waals surface area contributed by atoms with Crippen LogP contribution in [0.4, 0.5) is 13.2 Å².